The number of anilines is 1. The van der Waals surface area contributed by atoms with Gasteiger partial charge in [0.2, 0.25) is 0 Å². The Labute approximate surface area is 151 Å². The zero-order valence-corrected chi connectivity index (χ0v) is 16.3. The van der Waals surface area contributed by atoms with Crippen LogP contribution in [0.1, 0.15) is 57.6 Å². The van der Waals surface area contributed by atoms with Crippen LogP contribution in [0.5, 0.6) is 0 Å². The monoisotopic (exact) mass is 344 g/mol. The molecule has 1 saturated carbocycles. The van der Waals surface area contributed by atoms with Crippen molar-refractivity contribution in [2.45, 2.75) is 71.9 Å². The number of hydrogen-bond donors (Lipinski definition) is 1. The van der Waals surface area contributed by atoms with E-state index in [1.54, 1.807) is 0 Å². The van der Waals surface area contributed by atoms with Gasteiger partial charge in [-0.3, -0.25) is 0 Å². The van der Waals surface area contributed by atoms with Crippen LogP contribution < -0.4 is 5.32 Å². The first kappa shape index (κ1) is 18.1. The molecule has 1 aliphatic carbocycles. The Morgan fingerprint density at radius 1 is 1.20 bits per heavy atom. The minimum Gasteiger partial charge on any atom is -0.444 e. The molecule has 4 heteroatoms. The van der Waals surface area contributed by atoms with Gasteiger partial charge in [-0.1, -0.05) is 12.1 Å². The molecule has 3 rings (SSSR count). The zero-order chi connectivity index (χ0) is 18.2. The lowest BCUT2D eigenvalue weighted by Gasteiger charge is -2.52. The number of piperidine rings is 1. The second kappa shape index (κ2) is 6.54. The molecule has 1 aromatic rings. The van der Waals surface area contributed by atoms with Crippen molar-refractivity contribution in [3.8, 4) is 0 Å². The number of benzene rings is 1. The van der Waals surface area contributed by atoms with Crippen molar-refractivity contribution < 1.29 is 9.53 Å². The summed E-state index contributed by atoms with van der Waals surface area (Å²) in [6, 6.07) is 7.03. The molecule has 1 N–H and O–H groups in total. The lowest BCUT2D eigenvalue weighted by Crippen LogP contribution is -2.53. The minimum absolute atomic E-state index is 0.160. The number of carbonyl (C=O) groups excluding carboxylic acids is 1. The Morgan fingerprint density at radius 3 is 2.44 bits per heavy atom. The van der Waals surface area contributed by atoms with Gasteiger partial charge in [0.25, 0.3) is 0 Å². The van der Waals surface area contributed by atoms with Crippen LogP contribution >= 0.6 is 0 Å². The van der Waals surface area contributed by atoms with Gasteiger partial charge in [-0.25, -0.2) is 4.79 Å². The summed E-state index contributed by atoms with van der Waals surface area (Å²) in [7, 11) is 0. The molecule has 1 amide bonds. The molecule has 1 saturated heterocycles. The van der Waals surface area contributed by atoms with Gasteiger partial charge in [0, 0.05) is 24.8 Å². The summed E-state index contributed by atoms with van der Waals surface area (Å²) in [5, 5.41) is 3.72. The number of aryl methyl sites for hydroxylation is 1. The maximum Gasteiger partial charge on any atom is 0.410 e. The van der Waals surface area contributed by atoms with Crippen LogP contribution in [0, 0.1) is 19.3 Å². The highest BCUT2D eigenvalue weighted by Gasteiger charge is 2.46. The van der Waals surface area contributed by atoms with Crippen molar-refractivity contribution in [1.82, 2.24) is 4.90 Å². The summed E-state index contributed by atoms with van der Waals surface area (Å²) in [5.74, 6) is 0. The van der Waals surface area contributed by atoms with Crippen LogP contribution in [0.15, 0.2) is 18.2 Å². The van der Waals surface area contributed by atoms with Gasteiger partial charge in [0.05, 0.1) is 0 Å². The summed E-state index contributed by atoms with van der Waals surface area (Å²) in [6.45, 7) is 11.8. The molecule has 1 spiro atoms. The zero-order valence-electron chi connectivity index (χ0n) is 16.3. The molecule has 0 atom stereocenters. The van der Waals surface area contributed by atoms with E-state index in [1.807, 2.05) is 25.7 Å². The van der Waals surface area contributed by atoms with Crippen molar-refractivity contribution in [3.63, 3.8) is 0 Å². The number of likely N-dealkylation sites (tertiary alicyclic amines) is 1. The molecular weight excluding hydrogens is 312 g/mol. The molecule has 2 aliphatic rings. The molecule has 4 nitrogen and oxygen atoms in total. The predicted octanol–water partition coefficient (Wildman–Crippen LogP) is 4.90. The van der Waals surface area contributed by atoms with Gasteiger partial charge in [-0.05, 0) is 82.9 Å². The lowest BCUT2D eigenvalue weighted by atomic mass is 9.60. The Kier molecular flexibility index (Phi) is 4.74. The van der Waals surface area contributed by atoms with E-state index in [9.17, 15) is 4.79 Å². The Morgan fingerprint density at radius 2 is 1.84 bits per heavy atom. The van der Waals surface area contributed by atoms with Gasteiger partial charge in [-0.2, -0.15) is 0 Å². The van der Waals surface area contributed by atoms with E-state index in [2.05, 4.69) is 37.4 Å². The number of nitrogens with one attached hydrogen (secondary N) is 1. The van der Waals surface area contributed by atoms with Crippen molar-refractivity contribution in [2.75, 3.05) is 18.4 Å². The van der Waals surface area contributed by atoms with E-state index in [0.29, 0.717) is 11.5 Å². The van der Waals surface area contributed by atoms with Gasteiger partial charge in [-0.15, -0.1) is 0 Å². The average Bonchev–Trinajstić information content (AvgIpc) is 2.49. The van der Waals surface area contributed by atoms with Crippen LogP contribution in [0.3, 0.4) is 0 Å². The summed E-state index contributed by atoms with van der Waals surface area (Å²) in [5.41, 5.74) is 3.97. The van der Waals surface area contributed by atoms with E-state index < -0.39 is 5.60 Å². The molecular formula is C21H32N2O2. The summed E-state index contributed by atoms with van der Waals surface area (Å²) in [6.07, 6.45) is 4.45. The van der Waals surface area contributed by atoms with Crippen molar-refractivity contribution in [2.24, 2.45) is 5.41 Å². The topological polar surface area (TPSA) is 41.6 Å². The average molecular weight is 344 g/mol. The molecule has 0 radical (unpaired) electrons. The number of carbonyl (C=O) groups is 1. The van der Waals surface area contributed by atoms with E-state index in [1.165, 1.54) is 29.7 Å². The summed E-state index contributed by atoms with van der Waals surface area (Å²) in [4.78, 5) is 14.1. The fourth-order valence-corrected chi connectivity index (χ4v) is 4.11. The van der Waals surface area contributed by atoms with Gasteiger partial charge < -0.3 is 15.0 Å². The van der Waals surface area contributed by atoms with Crippen molar-refractivity contribution in [1.29, 1.82) is 0 Å². The van der Waals surface area contributed by atoms with Crippen LogP contribution in [0.4, 0.5) is 10.5 Å². The van der Waals surface area contributed by atoms with Gasteiger partial charge in [0.1, 0.15) is 5.60 Å². The van der Waals surface area contributed by atoms with Crippen molar-refractivity contribution in [3.05, 3.63) is 29.3 Å². The standard InChI is InChI=1S/C21H32N2O2/c1-15-7-6-8-18(16(15)2)22-17-13-21(14-17)9-11-23(12-10-21)19(24)25-20(3,4)5/h6-8,17,22H,9-14H2,1-5H3. The fraction of sp³-hybridized carbons (Fsp3) is 0.667. The first-order chi connectivity index (χ1) is 11.7. The van der Waals surface area contributed by atoms with E-state index in [4.69, 9.17) is 4.74 Å². The second-order valence-corrected chi connectivity index (χ2v) is 8.96. The summed E-state index contributed by atoms with van der Waals surface area (Å²) >= 11 is 0. The third-order valence-corrected chi connectivity index (χ3v) is 5.80. The largest absolute Gasteiger partial charge is 0.444 e. The number of amides is 1. The van der Waals surface area contributed by atoms with Crippen LogP contribution in [0.25, 0.3) is 0 Å². The molecule has 1 heterocycles. The lowest BCUT2D eigenvalue weighted by molar-refractivity contribution is -0.00860. The molecule has 25 heavy (non-hydrogen) atoms. The Hall–Kier alpha value is -1.71. The number of nitrogens with zero attached hydrogens (tertiary/aromatic N) is 1. The number of ether oxygens (including phenoxy) is 1. The van der Waals surface area contributed by atoms with Crippen LogP contribution in [-0.2, 0) is 4.74 Å². The highest BCUT2D eigenvalue weighted by molar-refractivity contribution is 5.68. The van der Waals surface area contributed by atoms with Crippen LogP contribution in [0.2, 0.25) is 0 Å². The van der Waals surface area contributed by atoms with E-state index >= 15 is 0 Å². The second-order valence-electron chi connectivity index (χ2n) is 8.96. The third kappa shape index (κ3) is 4.10. The number of hydrogen-bond acceptors (Lipinski definition) is 3. The minimum atomic E-state index is -0.413. The van der Waals surface area contributed by atoms with E-state index in [0.717, 1.165) is 25.9 Å². The molecule has 1 aliphatic heterocycles. The molecule has 1 aromatic carbocycles. The quantitative estimate of drug-likeness (QED) is 0.830. The Balaban J connectivity index is 1.48. The van der Waals surface area contributed by atoms with Gasteiger partial charge in [0.15, 0.2) is 0 Å². The maximum absolute atomic E-state index is 12.2. The SMILES string of the molecule is Cc1cccc(NC2CC3(CCN(C(=O)OC(C)(C)C)CC3)C2)c1C. The molecule has 0 aromatic heterocycles. The highest BCUT2D eigenvalue weighted by atomic mass is 16.6. The predicted molar refractivity (Wildman–Crippen MR) is 102 cm³/mol. The first-order valence-electron chi connectivity index (χ1n) is 9.48. The third-order valence-electron chi connectivity index (χ3n) is 5.80. The maximum atomic E-state index is 12.2. The summed E-state index contributed by atoms with van der Waals surface area (Å²) < 4.78 is 5.50. The Bertz CT molecular complexity index is 632. The van der Waals surface area contributed by atoms with E-state index in [-0.39, 0.29) is 6.09 Å². The highest BCUT2D eigenvalue weighted by Crippen LogP contribution is 2.50. The molecule has 0 bridgehead atoms. The first-order valence-corrected chi connectivity index (χ1v) is 9.48. The molecule has 138 valence electrons. The smallest absolute Gasteiger partial charge is 0.410 e. The van der Waals surface area contributed by atoms with Crippen molar-refractivity contribution >= 4 is 11.8 Å². The molecule has 2 fully saturated rings. The van der Waals surface area contributed by atoms with Gasteiger partial charge >= 0.3 is 6.09 Å². The molecule has 0 unspecified atom stereocenters. The normalized spacial score (nSPS) is 20.3. The van der Waals surface area contributed by atoms with Crippen LogP contribution in [-0.4, -0.2) is 35.7 Å². The number of rotatable bonds is 2. The fourth-order valence-electron chi connectivity index (χ4n) is 4.11.